The van der Waals surface area contributed by atoms with Gasteiger partial charge in [0.1, 0.15) is 0 Å². The van der Waals surface area contributed by atoms with Gasteiger partial charge < -0.3 is 0 Å². The Bertz CT molecular complexity index is 211. The molecule has 0 heterocycles. The Morgan fingerprint density at radius 3 is 1.08 bits per heavy atom. The van der Waals surface area contributed by atoms with E-state index in [2.05, 4.69) is 14.5 Å². The molecule has 3 N–H and O–H groups in total. The Labute approximate surface area is 85.3 Å². The van der Waals surface area contributed by atoms with Gasteiger partial charge in [-0.25, -0.2) is 0 Å². The third-order valence-corrected chi connectivity index (χ3v) is 1.91. The summed E-state index contributed by atoms with van der Waals surface area (Å²) in [5.74, 6) is 0. The Morgan fingerprint density at radius 2 is 0.917 bits per heavy atom. The van der Waals surface area contributed by atoms with Crippen molar-refractivity contribution in [1.82, 2.24) is 0 Å². The fourth-order valence-corrected chi connectivity index (χ4v) is 1.12. The largest absolute Gasteiger partial charge is 0.298 e. The van der Waals surface area contributed by atoms with E-state index in [0.717, 1.165) is 0 Å². The molecule has 0 unspecified atom stereocenters. The average Bonchev–Trinajstić information content (AvgIpc) is 2.16. The van der Waals surface area contributed by atoms with Crippen molar-refractivity contribution in [1.29, 1.82) is 0 Å². The Hall–Kier alpha value is -0.510. The summed E-state index contributed by atoms with van der Waals surface area (Å²) in [5.41, 5.74) is 2.10. The van der Waals surface area contributed by atoms with E-state index in [0.29, 0.717) is 17.1 Å². The van der Waals surface area contributed by atoms with Gasteiger partial charge in [-0.15, -0.1) is 0 Å². The minimum atomic E-state index is 0.700. The minimum absolute atomic E-state index is 0.700. The zero-order valence-electron chi connectivity index (χ0n) is 5.87. The summed E-state index contributed by atoms with van der Waals surface area (Å²) in [6, 6.07) is 5.20. The van der Waals surface area contributed by atoms with Crippen LogP contribution in [-0.4, -0.2) is 0 Å². The zero-order chi connectivity index (χ0) is 8.97. The van der Waals surface area contributed by atoms with Crippen LogP contribution in [0.5, 0.6) is 0 Å². The monoisotopic (exact) mass is 225 g/mol. The van der Waals surface area contributed by atoms with Gasteiger partial charge in [0.2, 0.25) is 0 Å². The van der Waals surface area contributed by atoms with Crippen LogP contribution in [0.15, 0.2) is 18.2 Å². The highest BCUT2D eigenvalue weighted by molar-refractivity contribution is 6.26. The second-order valence-electron chi connectivity index (χ2n) is 2.08. The number of rotatable bonds is 3. The first-order valence-corrected chi connectivity index (χ1v) is 4.18. The van der Waals surface area contributed by atoms with E-state index in [9.17, 15) is 0 Å². The topological polar surface area (TPSA) is 36.1 Å². The van der Waals surface area contributed by atoms with E-state index in [1.807, 2.05) is 0 Å². The van der Waals surface area contributed by atoms with Gasteiger partial charge in [0.05, 0.1) is 17.1 Å². The Balaban J connectivity index is 3.01. The van der Waals surface area contributed by atoms with E-state index in [4.69, 9.17) is 35.3 Å². The van der Waals surface area contributed by atoms with Crippen LogP contribution in [0.1, 0.15) is 0 Å². The normalized spacial score (nSPS) is 9.25. The van der Waals surface area contributed by atoms with E-state index in [1.165, 1.54) is 0 Å². The highest BCUT2D eigenvalue weighted by Gasteiger charge is 1.98. The minimum Gasteiger partial charge on any atom is -0.298 e. The molecule has 0 saturated carbocycles. The van der Waals surface area contributed by atoms with Crippen molar-refractivity contribution < 1.29 is 0 Å². The number of nitrogens with one attached hydrogen (secondary N) is 3. The standard InChI is InChI=1S/C6H6Cl3N3/c7-10-4-1-5(11-8)3-6(2-4)12-9/h1-3,10-12H. The number of benzene rings is 1. The summed E-state index contributed by atoms with van der Waals surface area (Å²) in [5, 5.41) is 0. The van der Waals surface area contributed by atoms with E-state index >= 15 is 0 Å². The van der Waals surface area contributed by atoms with Crippen molar-refractivity contribution in [2.75, 3.05) is 14.5 Å². The first-order valence-electron chi connectivity index (χ1n) is 3.05. The molecule has 0 fully saturated rings. The molecule has 0 spiro atoms. The molecule has 1 rings (SSSR count). The average molecular weight is 226 g/mol. The summed E-state index contributed by atoms with van der Waals surface area (Å²) in [7, 11) is 0. The predicted molar refractivity (Wildman–Crippen MR) is 54.9 cm³/mol. The SMILES string of the molecule is ClNc1cc(NCl)cc(NCl)c1. The van der Waals surface area contributed by atoms with Crippen molar-refractivity contribution in [3.63, 3.8) is 0 Å². The molecule has 0 aromatic heterocycles. The third-order valence-electron chi connectivity index (χ3n) is 1.26. The van der Waals surface area contributed by atoms with E-state index in [-0.39, 0.29) is 0 Å². The molecule has 0 aliphatic heterocycles. The third kappa shape index (κ3) is 2.24. The maximum atomic E-state index is 5.39. The molecule has 0 radical (unpaired) electrons. The van der Waals surface area contributed by atoms with Crippen molar-refractivity contribution in [3.8, 4) is 0 Å². The lowest BCUT2D eigenvalue weighted by molar-refractivity contribution is 1.63. The summed E-state index contributed by atoms with van der Waals surface area (Å²) in [6.45, 7) is 0. The molecule has 0 atom stereocenters. The van der Waals surface area contributed by atoms with Gasteiger partial charge in [-0.2, -0.15) is 0 Å². The second-order valence-corrected chi connectivity index (χ2v) is 2.65. The molecule has 0 saturated heterocycles. The highest BCUT2D eigenvalue weighted by atomic mass is 35.5. The molecule has 6 heteroatoms. The predicted octanol–water partition coefficient (Wildman–Crippen LogP) is 3.38. The maximum absolute atomic E-state index is 5.39. The molecular weight excluding hydrogens is 220 g/mol. The number of hydrogen-bond acceptors (Lipinski definition) is 3. The molecule has 0 bridgehead atoms. The molecular formula is C6H6Cl3N3. The highest BCUT2D eigenvalue weighted by Crippen LogP contribution is 2.23. The number of anilines is 3. The van der Waals surface area contributed by atoms with Crippen molar-refractivity contribution in [2.45, 2.75) is 0 Å². The van der Waals surface area contributed by atoms with E-state index in [1.54, 1.807) is 18.2 Å². The smallest absolute Gasteiger partial charge is 0.0533 e. The van der Waals surface area contributed by atoms with Crippen molar-refractivity contribution in [3.05, 3.63) is 18.2 Å². The molecule has 1 aromatic rings. The molecule has 0 aliphatic carbocycles. The second kappa shape index (κ2) is 4.50. The number of halogens is 3. The van der Waals surface area contributed by atoms with Gasteiger partial charge in [0, 0.05) is 35.3 Å². The van der Waals surface area contributed by atoms with Crippen LogP contribution < -0.4 is 14.5 Å². The van der Waals surface area contributed by atoms with Crippen molar-refractivity contribution >= 4 is 52.4 Å². The van der Waals surface area contributed by atoms with Gasteiger partial charge in [-0.05, 0) is 18.2 Å². The van der Waals surface area contributed by atoms with Crippen LogP contribution >= 0.6 is 35.3 Å². The first kappa shape index (κ1) is 9.58. The van der Waals surface area contributed by atoms with Gasteiger partial charge >= 0.3 is 0 Å². The lowest BCUT2D eigenvalue weighted by Crippen LogP contribution is -1.88. The zero-order valence-corrected chi connectivity index (χ0v) is 8.13. The molecule has 66 valence electrons. The van der Waals surface area contributed by atoms with Crippen LogP contribution in [0.2, 0.25) is 0 Å². The fraction of sp³-hybridized carbons (Fsp3) is 0. The molecule has 3 nitrogen and oxygen atoms in total. The van der Waals surface area contributed by atoms with Crippen molar-refractivity contribution in [2.24, 2.45) is 0 Å². The summed E-state index contributed by atoms with van der Waals surface area (Å²) in [4.78, 5) is 7.35. The summed E-state index contributed by atoms with van der Waals surface area (Å²) < 4.78 is 0. The van der Waals surface area contributed by atoms with Crippen LogP contribution in [-0.2, 0) is 0 Å². The van der Waals surface area contributed by atoms with Gasteiger partial charge in [-0.1, -0.05) is 0 Å². The lowest BCUT2D eigenvalue weighted by Gasteiger charge is -2.05. The molecule has 12 heavy (non-hydrogen) atoms. The van der Waals surface area contributed by atoms with E-state index < -0.39 is 0 Å². The summed E-state index contributed by atoms with van der Waals surface area (Å²) >= 11 is 16.2. The van der Waals surface area contributed by atoms with Crippen LogP contribution in [0, 0.1) is 0 Å². The lowest BCUT2D eigenvalue weighted by atomic mass is 10.2. The van der Waals surface area contributed by atoms with Gasteiger partial charge in [0.25, 0.3) is 0 Å². The molecule has 0 aliphatic rings. The first-order chi connectivity index (χ1) is 5.80. The van der Waals surface area contributed by atoms with Crippen LogP contribution in [0.25, 0.3) is 0 Å². The molecule has 0 amide bonds. The van der Waals surface area contributed by atoms with Crippen LogP contribution in [0.4, 0.5) is 17.1 Å². The quantitative estimate of drug-likeness (QED) is 0.692. The van der Waals surface area contributed by atoms with Gasteiger partial charge in [0.15, 0.2) is 0 Å². The molecule has 1 aromatic carbocycles. The summed E-state index contributed by atoms with van der Waals surface area (Å²) in [6.07, 6.45) is 0. The maximum Gasteiger partial charge on any atom is 0.0533 e. The Kier molecular flexibility index (Phi) is 3.59. The Morgan fingerprint density at radius 1 is 0.667 bits per heavy atom. The van der Waals surface area contributed by atoms with Gasteiger partial charge in [-0.3, -0.25) is 14.5 Å². The van der Waals surface area contributed by atoms with Crippen LogP contribution in [0.3, 0.4) is 0 Å². The fourth-order valence-electron chi connectivity index (χ4n) is 0.791. The number of hydrogen-bond donors (Lipinski definition) is 3.